The van der Waals surface area contributed by atoms with Crippen LogP contribution >= 0.6 is 34.8 Å². The van der Waals surface area contributed by atoms with Crippen molar-refractivity contribution in [1.29, 1.82) is 0 Å². The van der Waals surface area contributed by atoms with Crippen LogP contribution in [-0.2, 0) is 3.79 Å². The minimum atomic E-state index is -1.68. The van der Waals surface area contributed by atoms with Gasteiger partial charge in [-0.1, -0.05) is 83.4 Å². The van der Waals surface area contributed by atoms with E-state index in [2.05, 4.69) is 51.1 Å². The normalized spacial score (nSPS) is 17.2. The summed E-state index contributed by atoms with van der Waals surface area (Å²) in [6.45, 7) is 2.02. The molecule has 0 aromatic carbocycles. The smallest absolute Gasteiger partial charge is 0.217 e. The summed E-state index contributed by atoms with van der Waals surface area (Å²) < 4.78 is -1.68. The highest BCUT2D eigenvalue weighted by Gasteiger charge is 2.27. The van der Waals surface area contributed by atoms with E-state index in [9.17, 15) is 0 Å². The summed E-state index contributed by atoms with van der Waals surface area (Å²) in [6, 6.07) is 0. The van der Waals surface area contributed by atoms with Crippen LogP contribution in [0.3, 0.4) is 0 Å². The minimum Gasteiger partial charge on any atom is -0.217 e. The molecule has 27 heavy (non-hydrogen) atoms. The van der Waals surface area contributed by atoms with Crippen LogP contribution in [0.25, 0.3) is 5.57 Å². The molecular formula is C21H16Cl3N3. The fourth-order valence-electron chi connectivity index (χ4n) is 2.40. The van der Waals surface area contributed by atoms with E-state index in [1.54, 1.807) is 0 Å². The van der Waals surface area contributed by atoms with Gasteiger partial charge in [0, 0.05) is 5.57 Å². The second kappa shape index (κ2) is 8.69. The summed E-state index contributed by atoms with van der Waals surface area (Å²) in [4.78, 5) is 12.4. The summed E-state index contributed by atoms with van der Waals surface area (Å²) in [5.41, 5.74) is 7.36. The lowest BCUT2D eigenvalue weighted by Crippen LogP contribution is -2.10. The summed E-state index contributed by atoms with van der Waals surface area (Å²) >= 11 is 17.6. The highest BCUT2D eigenvalue weighted by molar-refractivity contribution is 6.66. The van der Waals surface area contributed by atoms with Crippen LogP contribution in [0.2, 0.25) is 0 Å². The Morgan fingerprint density at radius 2 is 1.78 bits per heavy atom. The second-order valence-corrected chi connectivity index (χ2v) is 8.20. The Bertz CT molecular complexity index is 980. The largest absolute Gasteiger partial charge is 0.250 e. The number of rotatable bonds is 3. The van der Waals surface area contributed by atoms with E-state index in [0.717, 1.165) is 22.3 Å². The standard InChI is InChI=1S/C21H16Cl3N3/c1-15-4-2-5-16(9-8-15)10-11-17-6-3-7-18(13-12-17)19-25-14-26-20(27-19)21(22,23)24/h2-3,5-6,8-14H,7H2,1H3. The first-order valence-electron chi connectivity index (χ1n) is 8.25. The molecule has 3 rings (SSSR count). The molecule has 0 saturated carbocycles. The second-order valence-electron chi connectivity index (χ2n) is 5.92. The third-order valence-electron chi connectivity index (χ3n) is 3.82. The van der Waals surface area contributed by atoms with E-state index < -0.39 is 3.79 Å². The molecule has 3 nitrogen and oxygen atoms in total. The van der Waals surface area contributed by atoms with Crippen molar-refractivity contribution in [2.45, 2.75) is 17.1 Å². The average Bonchev–Trinajstić information content (AvgIpc) is 3.00. The zero-order valence-electron chi connectivity index (χ0n) is 14.5. The number of allylic oxidation sites excluding steroid dienone is 13. The molecule has 0 bridgehead atoms. The first-order valence-corrected chi connectivity index (χ1v) is 9.39. The number of hydrogen-bond acceptors (Lipinski definition) is 3. The lowest BCUT2D eigenvalue weighted by atomic mass is 10.1. The van der Waals surface area contributed by atoms with Gasteiger partial charge < -0.3 is 0 Å². The number of alkyl halides is 3. The molecule has 1 aromatic rings. The topological polar surface area (TPSA) is 38.7 Å². The Kier molecular flexibility index (Phi) is 6.30. The maximum atomic E-state index is 5.86. The summed E-state index contributed by atoms with van der Waals surface area (Å²) in [5.74, 6) is 0.610. The molecule has 1 heterocycles. The van der Waals surface area contributed by atoms with Crippen LogP contribution < -0.4 is 0 Å². The number of halogens is 3. The van der Waals surface area contributed by atoms with E-state index in [1.165, 1.54) is 6.33 Å². The Morgan fingerprint density at radius 3 is 2.56 bits per heavy atom. The van der Waals surface area contributed by atoms with Crippen molar-refractivity contribution in [3.05, 3.63) is 101 Å². The van der Waals surface area contributed by atoms with Gasteiger partial charge in [0.15, 0.2) is 11.6 Å². The molecule has 0 saturated heterocycles. The van der Waals surface area contributed by atoms with Crippen molar-refractivity contribution >= 4 is 40.4 Å². The van der Waals surface area contributed by atoms with Gasteiger partial charge in [0.2, 0.25) is 3.79 Å². The predicted molar refractivity (Wildman–Crippen MR) is 113 cm³/mol. The molecular weight excluding hydrogens is 401 g/mol. The zero-order valence-corrected chi connectivity index (χ0v) is 16.8. The molecule has 1 aromatic heterocycles. The Balaban J connectivity index is 1.80. The first-order chi connectivity index (χ1) is 12.9. The predicted octanol–water partition coefficient (Wildman–Crippen LogP) is 6.12. The van der Waals surface area contributed by atoms with Crippen molar-refractivity contribution < 1.29 is 0 Å². The molecule has 0 spiro atoms. The molecule has 0 N–H and O–H groups in total. The fraction of sp³-hybridized carbons (Fsp3) is 0.143. The highest BCUT2D eigenvalue weighted by atomic mass is 35.6. The van der Waals surface area contributed by atoms with Crippen molar-refractivity contribution in [3.63, 3.8) is 0 Å². The third kappa shape index (κ3) is 5.66. The Hall–Kier alpha value is -2.16. The van der Waals surface area contributed by atoms with E-state index in [-0.39, 0.29) is 5.82 Å². The molecule has 0 radical (unpaired) electrons. The molecule has 136 valence electrons. The third-order valence-corrected chi connectivity index (χ3v) is 4.33. The highest BCUT2D eigenvalue weighted by Crippen LogP contribution is 2.35. The van der Waals surface area contributed by atoms with Crippen molar-refractivity contribution in [3.8, 4) is 0 Å². The molecule has 2 aliphatic rings. The van der Waals surface area contributed by atoms with Gasteiger partial charge in [-0.15, -0.1) is 5.73 Å². The zero-order chi connectivity index (χ0) is 19.3. The van der Waals surface area contributed by atoms with Gasteiger partial charge in [-0.3, -0.25) is 0 Å². The lowest BCUT2D eigenvalue weighted by molar-refractivity contribution is 0.896. The summed E-state index contributed by atoms with van der Waals surface area (Å²) in [6.07, 6.45) is 22.3. The number of aromatic nitrogens is 3. The van der Waals surface area contributed by atoms with E-state index in [4.69, 9.17) is 34.8 Å². The van der Waals surface area contributed by atoms with Crippen molar-refractivity contribution in [2.24, 2.45) is 0 Å². The average molecular weight is 417 g/mol. The van der Waals surface area contributed by atoms with Crippen LogP contribution in [-0.4, -0.2) is 15.0 Å². The maximum Gasteiger partial charge on any atom is 0.250 e. The Morgan fingerprint density at radius 1 is 1.00 bits per heavy atom. The van der Waals surface area contributed by atoms with Crippen LogP contribution in [0.5, 0.6) is 0 Å². The van der Waals surface area contributed by atoms with Crippen LogP contribution in [0.1, 0.15) is 25.0 Å². The van der Waals surface area contributed by atoms with Gasteiger partial charge in [0.05, 0.1) is 0 Å². The van der Waals surface area contributed by atoms with Crippen LogP contribution in [0.4, 0.5) is 0 Å². The number of nitrogens with zero attached hydrogens (tertiary/aromatic N) is 3. The SMILES string of the molecule is CC1=C=CC=C(C=CC2=CC=C(c3ncnc(C(Cl)(Cl)Cl)n3)CC=C2)C=C1. The molecule has 0 aliphatic heterocycles. The van der Waals surface area contributed by atoms with E-state index in [0.29, 0.717) is 12.2 Å². The number of hydrogen-bond donors (Lipinski definition) is 0. The minimum absolute atomic E-state index is 0.111. The fourth-order valence-corrected chi connectivity index (χ4v) is 2.68. The molecule has 0 atom stereocenters. The van der Waals surface area contributed by atoms with Gasteiger partial charge in [0.1, 0.15) is 6.33 Å². The first kappa shape index (κ1) is 19.6. The summed E-state index contributed by atoms with van der Waals surface area (Å²) in [5, 5.41) is 0. The van der Waals surface area contributed by atoms with Gasteiger partial charge in [-0.2, -0.15) is 0 Å². The molecule has 0 unspecified atom stereocenters. The maximum absolute atomic E-state index is 5.86. The molecule has 0 amide bonds. The van der Waals surface area contributed by atoms with Crippen molar-refractivity contribution in [2.75, 3.05) is 0 Å². The summed E-state index contributed by atoms with van der Waals surface area (Å²) in [7, 11) is 0. The molecule has 2 aliphatic carbocycles. The van der Waals surface area contributed by atoms with E-state index >= 15 is 0 Å². The van der Waals surface area contributed by atoms with Crippen LogP contribution in [0.15, 0.2) is 89.5 Å². The Labute approximate surface area is 173 Å². The molecule has 0 fully saturated rings. The van der Waals surface area contributed by atoms with Crippen LogP contribution in [0, 0.1) is 0 Å². The van der Waals surface area contributed by atoms with Gasteiger partial charge in [0.25, 0.3) is 0 Å². The van der Waals surface area contributed by atoms with Gasteiger partial charge in [-0.25, -0.2) is 15.0 Å². The molecule has 6 heteroatoms. The van der Waals surface area contributed by atoms with Crippen molar-refractivity contribution in [1.82, 2.24) is 15.0 Å². The van der Waals surface area contributed by atoms with Gasteiger partial charge in [-0.05, 0) is 42.2 Å². The monoisotopic (exact) mass is 415 g/mol. The van der Waals surface area contributed by atoms with Gasteiger partial charge >= 0.3 is 0 Å². The quantitative estimate of drug-likeness (QED) is 0.440. The lowest BCUT2D eigenvalue weighted by Gasteiger charge is -2.10. The van der Waals surface area contributed by atoms with E-state index in [1.807, 2.05) is 37.3 Å².